The predicted molar refractivity (Wildman–Crippen MR) is 461 cm³/mol. The number of piperazine rings is 3. The summed E-state index contributed by atoms with van der Waals surface area (Å²) in [6.07, 6.45) is 10.1. The summed E-state index contributed by atoms with van der Waals surface area (Å²) in [6.45, 7) is 26.2. The molecule has 6 aliphatic rings. The number of aromatic amines is 1. The maximum atomic E-state index is 12.7. The first-order valence-corrected chi connectivity index (χ1v) is 42.8. The highest BCUT2D eigenvalue weighted by Gasteiger charge is 2.30. The van der Waals surface area contributed by atoms with Crippen LogP contribution in [0.25, 0.3) is 75.7 Å². The van der Waals surface area contributed by atoms with Crippen LogP contribution in [0.2, 0.25) is 0 Å². The molecule has 5 amide bonds. The number of thiophene rings is 3. The number of benzene rings is 3. The number of hydrogen-bond donors (Lipinski definition) is 5. The number of morpholine rings is 3. The number of nitrogens with zero attached hydrogens (tertiary/aromatic N) is 16. The Bertz CT molecular complexity index is 5340. The van der Waals surface area contributed by atoms with Crippen molar-refractivity contribution in [3.63, 3.8) is 0 Å². The van der Waals surface area contributed by atoms with Gasteiger partial charge in [-0.05, 0) is 80.6 Å². The third-order valence-electron chi connectivity index (χ3n) is 21.3. The van der Waals surface area contributed by atoms with Crippen LogP contribution in [-0.4, -0.2) is 291 Å². The first-order chi connectivity index (χ1) is 58.0. The van der Waals surface area contributed by atoms with E-state index in [4.69, 9.17) is 44.1 Å². The van der Waals surface area contributed by atoms with Gasteiger partial charge in [-0.2, -0.15) is 5.10 Å². The van der Waals surface area contributed by atoms with Gasteiger partial charge in [-0.15, -0.1) is 34.0 Å². The minimum atomic E-state index is -0.344. The molecule has 6 aliphatic heterocycles. The monoisotopic (exact) mass is 1670 g/mol. The van der Waals surface area contributed by atoms with E-state index in [0.717, 1.165) is 180 Å². The molecule has 13 heterocycles. The summed E-state index contributed by atoms with van der Waals surface area (Å²) < 4.78 is 19.9. The molecule has 31 nitrogen and oxygen atoms in total. The molecule has 0 aliphatic carbocycles. The molecular weight excluding hydrogens is 1580 g/mol. The molecule has 3 aromatic carbocycles. The fourth-order valence-electron chi connectivity index (χ4n) is 14.9. The molecule has 0 unspecified atom stereocenters. The average Bonchev–Trinajstić information content (AvgIpc) is 1.66. The smallest absolute Gasteiger partial charge is 0.243 e. The van der Waals surface area contributed by atoms with Crippen LogP contribution in [0.15, 0.2) is 128 Å². The van der Waals surface area contributed by atoms with Crippen molar-refractivity contribution in [3.8, 4) is 45.7 Å². The molecule has 0 saturated carbocycles. The molecule has 6 fully saturated rings. The standard InChI is InChI=1S/C30H36N6O5S.C29H33N7O3S.C26H30N6O4S/c1-2-4-22(37)7-8-26(39)31-19-27(40)35-11-9-34(10-12-35)20-24-18-25-28(42-24)30(36-13-15-41-16-14-36)33-29(32-25)21-5-3-6-23(38)17-21;1-2-4-20(37)7-8-26(38)35-11-9-34(10-12-35)19-21-17-25-27(40-21)29(36-13-15-39-16-14-36)32-28(31-25)22-5-3-6-24-23(22)18-30-33-24;1-2-22(34)27-16-23(35)31-8-6-30(7-9-31)17-20-15-21-24(37-20)26(32-10-12-36-13-11-32)29-25(28-21)18-4-3-5-19(33)14-18/h2-6,17-18,38H,7-16,19-20H2,1H3,(H,31,39);2-6,17-18H,7-16,19H2,1H3,(H,30,33);2-5,14-15,33H,1,6-13,16-17H2,(H,27,34)/b2*4-2+;. The first kappa shape index (κ1) is 84.4. The minimum Gasteiger partial charge on any atom is -0.508 e. The molecule has 16 rings (SSSR count). The second-order valence-corrected chi connectivity index (χ2v) is 32.9. The number of rotatable bonds is 25. The quantitative estimate of drug-likeness (QED) is 0.0337. The number of hydrogen-bond acceptors (Lipinski definition) is 28. The maximum absolute atomic E-state index is 12.7. The van der Waals surface area contributed by atoms with E-state index < -0.39 is 0 Å². The number of carbonyl (C=O) groups excluding carboxylic acids is 7. The fraction of sp³-hybridized carbons (Fsp3) is 0.412. The number of carbonyl (C=O) groups is 7. The predicted octanol–water partition coefficient (Wildman–Crippen LogP) is 8.07. The Hall–Kier alpha value is -11.1. The van der Waals surface area contributed by atoms with Gasteiger partial charge in [0, 0.05) is 200 Å². The summed E-state index contributed by atoms with van der Waals surface area (Å²) in [6, 6.07) is 26.5. The Kier molecular flexibility index (Phi) is 28.8. The Morgan fingerprint density at radius 3 is 1.28 bits per heavy atom. The molecule has 0 atom stereocenters. The van der Waals surface area contributed by atoms with Gasteiger partial charge < -0.3 is 64.5 Å². The largest absolute Gasteiger partial charge is 0.508 e. The summed E-state index contributed by atoms with van der Waals surface area (Å²) in [7, 11) is 0. The molecule has 624 valence electrons. The van der Waals surface area contributed by atoms with E-state index in [-0.39, 0.29) is 91.4 Å². The van der Waals surface area contributed by atoms with Crippen LogP contribution in [0.5, 0.6) is 11.5 Å². The third-order valence-corrected chi connectivity index (χ3v) is 24.6. The molecule has 34 heteroatoms. The number of amides is 5. The van der Waals surface area contributed by atoms with E-state index in [9.17, 15) is 43.8 Å². The molecule has 0 bridgehead atoms. The number of allylic oxidation sites excluding steroid dienone is 4. The number of ketones is 2. The zero-order valence-corrected chi connectivity index (χ0v) is 69.4. The Morgan fingerprint density at radius 2 is 0.857 bits per heavy atom. The van der Waals surface area contributed by atoms with Crippen LogP contribution >= 0.6 is 34.0 Å². The number of aromatic nitrogens is 8. The van der Waals surface area contributed by atoms with E-state index in [1.165, 1.54) is 26.8 Å². The van der Waals surface area contributed by atoms with Gasteiger partial charge in [-0.3, -0.25) is 53.4 Å². The normalized spacial score (nSPS) is 16.6. The van der Waals surface area contributed by atoms with Gasteiger partial charge in [0.25, 0.3) is 0 Å². The lowest BCUT2D eigenvalue weighted by atomic mass is 10.1. The number of anilines is 3. The maximum Gasteiger partial charge on any atom is 0.243 e. The van der Waals surface area contributed by atoms with Crippen molar-refractivity contribution >= 4 is 134 Å². The molecule has 10 aromatic rings. The highest BCUT2D eigenvalue weighted by molar-refractivity contribution is 7.20. The molecule has 119 heavy (non-hydrogen) atoms. The minimum absolute atomic E-state index is 0.00315. The second kappa shape index (κ2) is 40.6. The molecule has 0 radical (unpaired) electrons. The van der Waals surface area contributed by atoms with Gasteiger partial charge in [0.1, 0.15) is 11.5 Å². The Balaban J connectivity index is 0.000000147. The number of ether oxygens (including phenoxy) is 3. The number of phenolic OH excluding ortho intramolecular Hbond substituents is 2. The summed E-state index contributed by atoms with van der Waals surface area (Å²) in [5, 5.41) is 33.4. The molecule has 7 aromatic heterocycles. The number of aromatic hydroxyl groups is 2. The van der Waals surface area contributed by atoms with Gasteiger partial charge >= 0.3 is 0 Å². The summed E-state index contributed by atoms with van der Waals surface area (Å²) in [5.74, 6) is 4.10. The van der Waals surface area contributed by atoms with Crippen LogP contribution in [0.3, 0.4) is 0 Å². The van der Waals surface area contributed by atoms with Crippen molar-refractivity contribution < 1.29 is 58.0 Å². The van der Waals surface area contributed by atoms with Crippen molar-refractivity contribution in [2.24, 2.45) is 0 Å². The lowest BCUT2D eigenvalue weighted by Crippen LogP contribution is -2.50. The fourth-order valence-corrected chi connectivity index (χ4v) is 18.4. The van der Waals surface area contributed by atoms with E-state index >= 15 is 0 Å². The van der Waals surface area contributed by atoms with Gasteiger partial charge in [0.05, 0.1) is 95.1 Å². The summed E-state index contributed by atoms with van der Waals surface area (Å²) in [5.41, 5.74) is 6.17. The molecular formula is C85H99N19O12S3. The van der Waals surface area contributed by atoms with Crippen molar-refractivity contribution in [1.29, 1.82) is 0 Å². The van der Waals surface area contributed by atoms with Crippen molar-refractivity contribution in [2.75, 3.05) is 185 Å². The topological polar surface area (TPSA) is 347 Å². The van der Waals surface area contributed by atoms with Gasteiger partial charge in [0.15, 0.2) is 46.5 Å². The van der Waals surface area contributed by atoms with E-state index in [2.05, 4.69) is 75.0 Å². The Morgan fingerprint density at radius 1 is 0.462 bits per heavy atom. The van der Waals surface area contributed by atoms with Crippen LogP contribution in [0.4, 0.5) is 17.5 Å². The lowest BCUT2D eigenvalue weighted by molar-refractivity contribution is -0.134. The van der Waals surface area contributed by atoms with Crippen molar-refractivity contribution in [1.82, 2.24) is 80.1 Å². The van der Waals surface area contributed by atoms with Crippen LogP contribution in [0.1, 0.15) is 54.2 Å². The molecule has 0 spiro atoms. The number of fused-ring (bicyclic) bond motifs is 4. The SMILES string of the molecule is C/C=C/C(=O)CCC(=O)N1CCN(Cc2cc3nc(-c4cccc5[nH]ncc45)nc(N4CCOCC4)c3s2)CC1.C/C=C/C(=O)CCC(=O)NCC(=O)N1CCN(Cc2cc3nc(-c4cccc(O)c4)nc(N4CCOCC4)c3s2)CC1.C=CC(=O)NCC(=O)N1CCN(Cc2cc3nc(-c4cccc(O)c4)nc(N4CCOCC4)c3s2)CC1. The van der Waals surface area contributed by atoms with Crippen LogP contribution < -0.4 is 25.3 Å². The lowest BCUT2D eigenvalue weighted by Gasteiger charge is -2.34. The molecule has 5 N–H and O–H groups in total. The average molecular weight is 1680 g/mol. The highest BCUT2D eigenvalue weighted by atomic mass is 32.1. The number of phenols is 2. The van der Waals surface area contributed by atoms with Crippen molar-refractivity contribution in [2.45, 2.75) is 59.2 Å². The second-order valence-electron chi connectivity index (χ2n) is 29.5. The summed E-state index contributed by atoms with van der Waals surface area (Å²) >= 11 is 5.15. The van der Waals surface area contributed by atoms with Crippen molar-refractivity contribution in [3.05, 3.63) is 143 Å². The Labute approximate surface area is 701 Å². The van der Waals surface area contributed by atoms with E-state index in [1.807, 2.05) is 48.4 Å². The highest BCUT2D eigenvalue weighted by Crippen LogP contribution is 2.40. The zero-order valence-electron chi connectivity index (χ0n) is 66.9. The van der Waals surface area contributed by atoms with Crippen LogP contribution in [-0.2, 0) is 67.4 Å². The van der Waals surface area contributed by atoms with Gasteiger partial charge in [-0.25, -0.2) is 29.9 Å². The zero-order chi connectivity index (χ0) is 82.7. The number of H-pyrrole nitrogens is 1. The third kappa shape index (κ3) is 22.1. The van der Waals surface area contributed by atoms with Gasteiger partial charge in [0.2, 0.25) is 29.5 Å². The van der Waals surface area contributed by atoms with Gasteiger partial charge in [-0.1, -0.05) is 55.1 Å². The van der Waals surface area contributed by atoms with E-state index in [0.29, 0.717) is 96.4 Å². The number of nitrogens with one attached hydrogen (secondary N) is 3. The molecule has 6 saturated heterocycles. The first-order valence-electron chi connectivity index (χ1n) is 40.4. The van der Waals surface area contributed by atoms with E-state index in [1.54, 1.807) is 99.3 Å². The summed E-state index contributed by atoms with van der Waals surface area (Å²) in [4.78, 5) is 137. The van der Waals surface area contributed by atoms with Crippen LogP contribution in [0, 0.1) is 0 Å².